The Morgan fingerprint density at radius 1 is 0.971 bits per heavy atom. The molecule has 3 amide bonds. The number of nitrogens with one attached hydrogen (secondary N) is 2. The minimum atomic E-state index is -0.515. The monoisotopic (exact) mass is 471 g/mol. The van der Waals surface area contributed by atoms with Crippen molar-refractivity contribution >= 4 is 29.1 Å². The van der Waals surface area contributed by atoms with Crippen LogP contribution in [0.1, 0.15) is 35.7 Å². The van der Waals surface area contributed by atoms with Gasteiger partial charge in [0.2, 0.25) is 11.8 Å². The van der Waals surface area contributed by atoms with Crippen molar-refractivity contribution in [2.75, 3.05) is 23.4 Å². The lowest BCUT2D eigenvalue weighted by atomic mass is 10.1. The van der Waals surface area contributed by atoms with Gasteiger partial charge in [0.05, 0.1) is 23.8 Å². The third-order valence-electron chi connectivity index (χ3n) is 5.84. The highest BCUT2D eigenvalue weighted by Crippen LogP contribution is 2.28. The number of hydrogen-bond acceptors (Lipinski definition) is 4. The van der Waals surface area contributed by atoms with E-state index >= 15 is 0 Å². The van der Waals surface area contributed by atoms with E-state index in [0.717, 1.165) is 23.4 Å². The first-order chi connectivity index (χ1) is 17.0. The standard InChI is InChI=1S/C28H29N3O4/c1-2-16-35-23-14-12-22(13-15-23)31-19-21(17-26(31)32)27(33)30-25-11-7-6-10-24(25)28(34)29-18-20-8-4-3-5-9-20/h3-15,21H,2,16-19H2,1H3,(H,29,34)(H,30,33)/t21-/m1/s1. The Bertz CT molecular complexity index is 1180. The summed E-state index contributed by atoms with van der Waals surface area (Å²) in [6, 6.07) is 23.8. The second-order valence-electron chi connectivity index (χ2n) is 8.45. The summed E-state index contributed by atoms with van der Waals surface area (Å²) in [7, 11) is 0. The summed E-state index contributed by atoms with van der Waals surface area (Å²) in [5.41, 5.74) is 2.51. The molecule has 2 N–H and O–H groups in total. The topological polar surface area (TPSA) is 87.7 Å². The summed E-state index contributed by atoms with van der Waals surface area (Å²) < 4.78 is 5.60. The number of carbonyl (C=O) groups is 3. The van der Waals surface area contributed by atoms with Crippen molar-refractivity contribution in [1.82, 2.24) is 5.32 Å². The largest absolute Gasteiger partial charge is 0.494 e. The molecule has 3 aromatic rings. The number of amides is 3. The molecule has 0 saturated carbocycles. The summed E-state index contributed by atoms with van der Waals surface area (Å²) in [6.45, 7) is 3.34. The number of carbonyl (C=O) groups excluding carboxylic acids is 3. The minimum Gasteiger partial charge on any atom is -0.494 e. The van der Waals surface area contributed by atoms with Crippen LogP contribution in [0.3, 0.4) is 0 Å². The molecule has 0 unspecified atom stereocenters. The van der Waals surface area contributed by atoms with Crippen LogP contribution in [0.15, 0.2) is 78.9 Å². The summed E-state index contributed by atoms with van der Waals surface area (Å²) >= 11 is 0. The number of hydrogen-bond donors (Lipinski definition) is 2. The zero-order valence-corrected chi connectivity index (χ0v) is 19.7. The first-order valence-corrected chi connectivity index (χ1v) is 11.8. The Kier molecular flexibility index (Phi) is 7.77. The van der Waals surface area contributed by atoms with Gasteiger partial charge < -0.3 is 20.3 Å². The van der Waals surface area contributed by atoms with Crippen molar-refractivity contribution in [3.05, 3.63) is 90.0 Å². The lowest BCUT2D eigenvalue weighted by molar-refractivity contribution is -0.122. The van der Waals surface area contributed by atoms with Crippen molar-refractivity contribution in [2.24, 2.45) is 5.92 Å². The highest BCUT2D eigenvalue weighted by atomic mass is 16.5. The normalized spacial score (nSPS) is 15.1. The average Bonchev–Trinajstić information content (AvgIpc) is 3.29. The number of nitrogens with zero attached hydrogens (tertiary/aromatic N) is 1. The zero-order chi connectivity index (χ0) is 24.6. The van der Waals surface area contributed by atoms with E-state index in [1.807, 2.05) is 61.5 Å². The van der Waals surface area contributed by atoms with Gasteiger partial charge in [-0.05, 0) is 48.4 Å². The van der Waals surface area contributed by atoms with Gasteiger partial charge in [0, 0.05) is 25.2 Å². The maximum Gasteiger partial charge on any atom is 0.253 e. The molecule has 180 valence electrons. The molecule has 7 heteroatoms. The van der Waals surface area contributed by atoms with E-state index in [1.54, 1.807) is 29.2 Å². The number of anilines is 2. The predicted octanol–water partition coefficient (Wildman–Crippen LogP) is 4.40. The van der Waals surface area contributed by atoms with Crippen molar-refractivity contribution in [3.8, 4) is 5.75 Å². The maximum atomic E-state index is 13.0. The molecular formula is C28H29N3O4. The van der Waals surface area contributed by atoms with Crippen LogP contribution >= 0.6 is 0 Å². The van der Waals surface area contributed by atoms with Crippen LogP contribution in [0.25, 0.3) is 0 Å². The molecule has 1 aliphatic rings. The Morgan fingerprint density at radius 2 is 1.69 bits per heavy atom. The second-order valence-corrected chi connectivity index (χ2v) is 8.45. The molecule has 35 heavy (non-hydrogen) atoms. The van der Waals surface area contributed by atoms with E-state index in [0.29, 0.717) is 24.4 Å². The highest BCUT2D eigenvalue weighted by Gasteiger charge is 2.35. The molecule has 4 rings (SSSR count). The fourth-order valence-corrected chi connectivity index (χ4v) is 3.97. The van der Waals surface area contributed by atoms with E-state index < -0.39 is 5.92 Å². The van der Waals surface area contributed by atoms with Gasteiger partial charge in [-0.1, -0.05) is 49.4 Å². The molecule has 1 atom stereocenters. The van der Waals surface area contributed by atoms with Crippen LogP contribution < -0.4 is 20.3 Å². The van der Waals surface area contributed by atoms with E-state index in [4.69, 9.17) is 4.74 Å². The van der Waals surface area contributed by atoms with E-state index in [-0.39, 0.29) is 30.7 Å². The van der Waals surface area contributed by atoms with Crippen molar-refractivity contribution in [3.63, 3.8) is 0 Å². The van der Waals surface area contributed by atoms with Gasteiger partial charge in [-0.25, -0.2) is 0 Å². The number of benzene rings is 3. The SMILES string of the molecule is CCCOc1ccc(N2C[C@H](C(=O)Nc3ccccc3C(=O)NCc3ccccc3)CC2=O)cc1. The summed E-state index contributed by atoms with van der Waals surface area (Å²) in [6.07, 6.45) is 1.03. The van der Waals surface area contributed by atoms with Crippen LogP contribution in [-0.2, 0) is 16.1 Å². The van der Waals surface area contributed by atoms with Crippen LogP contribution in [0.5, 0.6) is 5.75 Å². The molecule has 1 saturated heterocycles. The minimum absolute atomic E-state index is 0.110. The van der Waals surface area contributed by atoms with Crippen LogP contribution in [0, 0.1) is 5.92 Å². The fourth-order valence-electron chi connectivity index (χ4n) is 3.97. The quantitative estimate of drug-likeness (QED) is 0.484. The van der Waals surface area contributed by atoms with Gasteiger partial charge in [-0.3, -0.25) is 14.4 Å². The Labute approximate surface area is 205 Å². The highest BCUT2D eigenvalue weighted by molar-refractivity contribution is 6.07. The molecule has 0 spiro atoms. The molecule has 0 aliphatic carbocycles. The number of rotatable bonds is 9. The Hall–Kier alpha value is -4.13. The van der Waals surface area contributed by atoms with Gasteiger partial charge in [0.15, 0.2) is 0 Å². The zero-order valence-electron chi connectivity index (χ0n) is 19.7. The van der Waals surface area contributed by atoms with E-state index in [1.165, 1.54) is 0 Å². The van der Waals surface area contributed by atoms with E-state index in [9.17, 15) is 14.4 Å². The van der Waals surface area contributed by atoms with Crippen molar-refractivity contribution in [1.29, 1.82) is 0 Å². The maximum absolute atomic E-state index is 13.0. The lowest BCUT2D eigenvalue weighted by Crippen LogP contribution is -2.29. The third-order valence-corrected chi connectivity index (χ3v) is 5.84. The first-order valence-electron chi connectivity index (χ1n) is 11.8. The van der Waals surface area contributed by atoms with Crippen molar-refractivity contribution < 1.29 is 19.1 Å². The smallest absolute Gasteiger partial charge is 0.253 e. The molecule has 0 aromatic heterocycles. The number of para-hydroxylation sites is 1. The first kappa shape index (κ1) is 24.0. The van der Waals surface area contributed by atoms with Crippen LogP contribution in [0.2, 0.25) is 0 Å². The molecule has 1 heterocycles. The van der Waals surface area contributed by atoms with Gasteiger partial charge in [-0.15, -0.1) is 0 Å². The molecule has 0 bridgehead atoms. The third kappa shape index (κ3) is 6.06. The van der Waals surface area contributed by atoms with Gasteiger partial charge in [0.25, 0.3) is 5.91 Å². The number of ether oxygens (including phenoxy) is 1. The molecule has 7 nitrogen and oxygen atoms in total. The van der Waals surface area contributed by atoms with Gasteiger partial charge >= 0.3 is 0 Å². The van der Waals surface area contributed by atoms with Gasteiger partial charge in [0.1, 0.15) is 5.75 Å². The fraction of sp³-hybridized carbons (Fsp3) is 0.250. The van der Waals surface area contributed by atoms with Crippen LogP contribution in [-0.4, -0.2) is 30.9 Å². The molecule has 1 fully saturated rings. The molecule has 3 aromatic carbocycles. The van der Waals surface area contributed by atoms with Gasteiger partial charge in [-0.2, -0.15) is 0 Å². The molecule has 1 aliphatic heterocycles. The second kappa shape index (κ2) is 11.3. The Morgan fingerprint density at radius 3 is 2.43 bits per heavy atom. The average molecular weight is 472 g/mol. The molecule has 0 radical (unpaired) electrons. The van der Waals surface area contributed by atoms with Crippen LogP contribution in [0.4, 0.5) is 11.4 Å². The predicted molar refractivity (Wildman–Crippen MR) is 135 cm³/mol. The summed E-state index contributed by atoms with van der Waals surface area (Å²) in [5, 5.41) is 5.75. The van der Waals surface area contributed by atoms with Crippen molar-refractivity contribution in [2.45, 2.75) is 26.3 Å². The summed E-state index contributed by atoms with van der Waals surface area (Å²) in [4.78, 5) is 40.1. The summed E-state index contributed by atoms with van der Waals surface area (Å²) in [5.74, 6) is -0.440. The Balaban J connectivity index is 1.38. The van der Waals surface area contributed by atoms with E-state index in [2.05, 4.69) is 10.6 Å². The lowest BCUT2D eigenvalue weighted by Gasteiger charge is -2.18. The molecular weight excluding hydrogens is 442 g/mol.